The third kappa shape index (κ3) is 4.26. The lowest BCUT2D eigenvalue weighted by molar-refractivity contribution is -0.120. The van der Waals surface area contributed by atoms with Crippen LogP contribution >= 0.6 is 23.8 Å². The summed E-state index contributed by atoms with van der Waals surface area (Å²) in [4.78, 5) is 36.4. The van der Waals surface area contributed by atoms with Crippen molar-refractivity contribution in [2.24, 2.45) is 0 Å². The van der Waals surface area contributed by atoms with Gasteiger partial charge in [0.25, 0.3) is 11.8 Å². The Kier molecular flexibility index (Phi) is 6.34. The van der Waals surface area contributed by atoms with Gasteiger partial charge in [-0.3, -0.25) is 14.5 Å². The molecule has 8 nitrogen and oxygen atoms in total. The first-order chi connectivity index (χ1) is 18.1. The Bertz CT molecular complexity index is 1680. The van der Waals surface area contributed by atoms with Gasteiger partial charge in [0.05, 0.1) is 17.8 Å². The van der Waals surface area contributed by atoms with Gasteiger partial charge in [0, 0.05) is 41.4 Å². The van der Waals surface area contributed by atoms with Gasteiger partial charge in [-0.1, -0.05) is 23.7 Å². The van der Waals surface area contributed by atoms with Crippen molar-refractivity contribution < 1.29 is 14.0 Å². The lowest BCUT2D eigenvalue weighted by atomic mass is 10.0. The average Bonchev–Trinajstić information content (AvgIpc) is 3.42. The van der Waals surface area contributed by atoms with Crippen LogP contribution in [-0.4, -0.2) is 31.9 Å². The fourth-order valence-corrected chi connectivity index (χ4v) is 5.07. The monoisotopic (exact) mass is 546 g/mol. The molecule has 38 heavy (non-hydrogen) atoms. The number of rotatable bonds is 5. The number of amides is 2. The van der Waals surface area contributed by atoms with Crippen LogP contribution in [-0.2, 0) is 11.3 Å². The number of imidazole rings is 1. The van der Waals surface area contributed by atoms with Crippen LogP contribution in [0.4, 0.5) is 21.5 Å². The van der Waals surface area contributed by atoms with Gasteiger partial charge in [-0.2, -0.15) is 0 Å². The highest BCUT2D eigenvalue weighted by molar-refractivity contribution is 7.81. The minimum Gasteiger partial charge on any atom is -0.348 e. The van der Waals surface area contributed by atoms with E-state index in [-0.39, 0.29) is 39.7 Å². The quantitative estimate of drug-likeness (QED) is 0.263. The number of nitrogens with one attached hydrogen (secondary N) is 1. The van der Waals surface area contributed by atoms with E-state index in [9.17, 15) is 9.59 Å². The van der Waals surface area contributed by atoms with Gasteiger partial charge < -0.3 is 14.6 Å². The van der Waals surface area contributed by atoms with E-state index in [0.717, 1.165) is 0 Å². The summed E-state index contributed by atoms with van der Waals surface area (Å²) in [5.41, 5.74) is 1.36. The molecule has 5 rings (SSSR count). The number of anilines is 2. The molecule has 0 spiro atoms. The van der Waals surface area contributed by atoms with E-state index in [4.69, 9.17) is 30.4 Å². The smallest absolute Gasteiger partial charge is 0.259 e. The normalized spacial score (nSPS) is 14.7. The van der Waals surface area contributed by atoms with Crippen LogP contribution in [0.25, 0.3) is 10.5 Å². The Morgan fingerprint density at radius 3 is 2.66 bits per heavy atom. The molecule has 2 aromatic heterocycles. The van der Waals surface area contributed by atoms with Crippen molar-refractivity contribution in [2.45, 2.75) is 25.9 Å². The number of aromatic nitrogens is 2. The third-order valence-corrected chi connectivity index (χ3v) is 7.03. The number of nitrogens with zero attached hydrogens (tertiary/aromatic N) is 5. The zero-order valence-corrected chi connectivity index (χ0v) is 21.8. The number of benzene rings is 2. The molecular weight excluding hydrogens is 527 g/mol. The minimum absolute atomic E-state index is 0.0301. The highest BCUT2D eigenvalue weighted by Crippen LogP contribution is 2.39. The van der Waals surface area contributed by atoms with Crippen LogP contribution in [0.1, 0.15) is 29.8 Å². The number of pyridine rings is 1. The van der Waals surface area contributed by atoms with Gasteiger partial charge in [-0.25, -0.2) is 14.2 Å². The second kappa shape index (κ2) is 9.52. The molecule has 190 valence electrons. The van der Waals surface area contributed by atoms with Crippen LogP contribution in [0.3, 0.4) is 0 Å². The van der Waals surface area contributed by atoms with Crippen LogP contribution in [0.5, 0.6) is 0 Å². The maximum atomic E-state index is 15.2. The number of carbonyl (C=O) groups is 2. The molecular formula is C27H20ClFN6O2S. The number of fused-ring (bicyclic) bond motifs is 1. The molecule has 0 radical (unpaired) electrons. The molecule has 1 aliphatic heterocycles. The molecule has 1 fully saturated rings. The standard InChI is InChI=1S/C27H20ClFN6O2S/c1-27(2)25(37)34(18-7-8-22(30-3)20(28)12-18)26(38)35(27)19-6-4-16(21(29)13-19)14-32-24(36)17-5-9-23-31-10-11-33(23)15-17/h4-13,15H,14H2,1-2H3,(H,32,36). The van der Waals surface area contributed by atoms with E-state index < -0.39 is 11.4 Å². The van der Waals surface area contributed by atoms with E-state index in [1.807, 2.05) is 0 Å². The molecule has 1 N–H and O–H groups in total. The molecule has 0 aliphatic carbocycles. The van der Waals surface area contributed by atoms with E-state index in [2.05, 4.69) is 15.1 Å². The molecule has 2 amide bonds. The fourth-order valence-electron chi connectivity index (χ4n) is 4.33. The fraction of sp³-hybridized carbons (Fsp3) is 0.148. The zero-order valence-electron chi connectivity index (χ0n) is 20.3. The number of hydrogen-bond acceptors (Lipinski definition) is 4. The van der Waals surface area contributed by atoms with Gasteiger partial charge in [-0.15, -0.1) is 0 Å². The Labute approximate surface area is 228 Å². The number of halogens is 2. The Hall–Kier alpha value is -4.33. The summed E-state index contributed by atoms with van der Waals surface area (Å²) in [6.45, 7) is 10.5. The van der Waals surface area contributed by atoms with E-state index in [0.29, 0.717) is 22.6 Å². The van der Waals surface area contributed by atoms with Crippen molar-refractivity contribution in [3.8, 4) is 0 Å². The molecule has 2 aromatic carbocycles. The first-order valence-corrected chi connectivity index (χ1v) is 12.3. The zero-order chi connectivity index (χ0) is 27.2. The molecule has 3 heterocycles. The van der Waals surface area contributed by atoms with Crippen molar-refractivity contribution >= 4 is 63.5 Å². The Balaban J connectivity index is 1.36. The Morgan fingerprint density at radius 1 is 1.18 bits per heavy atom. The van der Waals surface area contributed by atoms with Gasteiger partial charge in [0.1, 0.15) is 17.0 Å². The average molecular weight is 547 g/mol. The highest BCUT2D eigenvalue weighted by Gasteiger charge is 2.50. The third-order valence-electron chi connectivity index (χ3n) is 6.36. The summed E-state index contributed by atoms with van der Waals surface area (Å²) in [6.07, 6.45) is 5.02. The predicted octanol–water partition coefficient (Wildman–Crippen LogP) is 5.52. The van der Waals surface area contributed by atoms with Gasteiger partial charge in [0.2, 0.25) is 5.69 Å². The number of hydrogen-bond donors (Lipinski definition) is 1. The second-order valence-electron chi connectivity index (χ2n) is 9.13. The molecule has 0 saturated carbocycles. The summed E-state index contributed by atoms with van der Waals surface area (Å²) >= 11 is 11.8. The van der Waals surface area contributed by atoms with Gasteiger partial charge in [0.15, 0.2) is 5.11 Å². The molecule has 0 bridgehead atoms. The predicted molar refractivity (Wildman–Crippen MR) is 147 cm³/mol. The van der Waals surface area contributed by atoms with Crippen LogP contribution < -0.4 is 15.1 Å². The van der Waals surface area contributed by atoms with Gasteiger partial charge in [-0.05, 0) is 62.5 Å². The first kappa shape index (κ1) is 25.3. The van der Waals surface area contributed by atoms with E-state index in [1.165, 1.54) is 23.1 Å². The molecule has 1 aliphatic rings. The van der Waals surface area contributed by atoms with Crippen molar-refractivity contribution in [3.63, 3.8) is 0 Å². The summed E-state index contributed by atoms with van der Waals surface area (Å²) in [6, 6.07) is 12.5. The number of carbonyl (C=O) groups excluding carboxylic acids is 2. The largest absolute Gasteiger partial charge is 0.348 e. The van der Waals surface area contributed by atoms with Gasteiger partial charge >= 0.3 is 0 Å². The maximum Gasteiger partial charge on any atom is 0.259 e. The summed E-state index contributed by atoms with van der Waals surface area (Å²) in [5.74, 6) is -1.22. The maximum absolute atomic E-state index is 15.2. The molecule has 1 saturated heterocycles. The minimum atomic E-state index is -1.11. The second-order valence-corrected chi connectivity index (χ2v) is 9.91. The van der Waals surface area contributed by atoms with Crippen molar-refractivity contribution in [3.05, 3.63) is 101 Å². The lowest BCUT2D eigenvalue weighted by Crippen LogP contribution is -2.44. The van der Waals surface area contributed by atoms with Crippen LogP contribution in [0.15, 0.2) is 67.1 Å². The highest BCUT2D eigenvalue weighted by atomic mass is 35.5. The van der Waals surface area contributed by atoms with Crippen molar-refractivity contribution in [2.75, 3.05) is 9.80 Å². The summed E-state index contributed by atoms with van der Waals surface area (Å²) in [5, 5.41) is 3.08. The summed E-state index contributed by atoms with van der Waals surface area (Å²) in [7, 11) is 0. The Morgan fingerprint density at radius 2 is 1.95 bits per heavy atom. The van der Waals surface area contributed by atoms with Crippen molar-refractivity contribution in [1.82, 2.24) is 14.7 Å². The van der Waals surface area contributed by atoms with Crippen LogP contribution in [0, 0.1) is 12.4 Å². The molecule has 4 aromatic rings. The molecule has 0 unspecified atom stereocenters. The first-order valence-electron chi connectivity index (χ1n) is 11.5. The number of thiocarbonyl (C=S) groups is 1. The molecule has 11 heteroatoms. The molecule has 0 atom stereocenters. The lowest BCUT2D eigenvalue weighted by Gasteiger charge is -2.29. The summed E-state index contributed by atoms with van der Waals surface area (Å²) < 4.78 is 16.9. The topological polar surface area (TPSA) is 74.3 Å². The van der Waals surface area contributed by atoms with Crippen LogP contribution in [0.2, 0.25) is 5.02 Å². The SMILES string of the molecule is [C-]#[N+]c1ccc(N2C(=O)C(C)(C)N(c3ccc(CNC(=O)c4ccc5nccn5c4)c(F)c3)C2=S)cc1Cl. The van der Waals surface area contributed by atoms with E-state index >= 15 is 4.39 Å². The van der Waals surface area contributed by atoms with E-state index in [1.54, 1.807) is 72.1 Å². The van der Waals surface area contributed by atoms with Crippen molar-refractivity contribution in [1.29, 1.82) is 0 Å².